The summed E-state index contributed by atoms with van der Waals surface area (Å²) in [5.74, 6) is -1.04. The van der Waals surface area contributed by atoms with E-state index in [1.165, 1.54) is 0 Å². The zero-order valence-corrected chi connectivity index (χ0v) is 17.1. The first-order valence-corrected chi connectivity index (χ1v) is 10.0. The van der Waals surface area contributed by atoms with Crippen LogP contribution in [0.5, 0.6) is 0 Å². The van der Waals surface area contributed by atoms with Gasteiger partial charge in [0.05, 0.1) is 0 Å². The Labute approximate surface area is 167 Å². The molecule has 6 heteroatoms. The van der Waals surface area contributed by atoms with Crippen molar-refractivity contribution in [2.75, 3.05) is 6.54 Å². The van der Waals surface area contributed by atoms with Gasteiger partial charge in [-0.1, -0.05) is 51.1 Å². The molecule has 28 heavy (non-hydrogen) atoms. The van der Waals surface area contributed by atoms with Crippen LogP contribution in [0.2, 0.25) is 0 Å². The maximum atomic E-state index is 12.9. The minimum Gasteiger partial charge on any atom is -0.481 e. The molecular weight excluding hydrogens is 356 g/mol. The number of likely N-dealkylation sites (tertiary alicyclic amines) is 1. The highest BCUT2D eigenvalue weighted by Crippen LogP contribution is 2.25. The van der Waals surface area contributed by atoms with E-state index in [4.69, 9.17) is 5.11 Å². The Hall–Kier alpha value is -2.37. The lowest BCUT2D eigenvalue weighted by molar-refractivity contribution is -0.140. The second-order valence-electron chi connectivity index (χ2n) is 8.81. The van der Waals surface area contributed by atoms with E-state index in [1.807, 2.05) is 51.1 Å². The largest absolute Gasteiger partial charge is 0.481 e. The van der Waals surface area contributed by atoms with Gasteiger partial charge in [0.1, 0.15) is 6.04 Å². The Bertz CT molecular complexity index is 682. The molecule has 154 valence electrons. The monoisotopic (exact) mass is 388 g/mol. The van der Waals surface area contributed by atoms with Crippen molar-refractivity contribution in [2.24, 2.45) is 5.41 Å². The third-order valence-electron chi connectivity index (χ3n) is 4.94. The molecule has 1 aliphatic rings. The standard InChI is InChI=1S/C22H32N2O4/c1-22(2,3)15-19(25)24-13-7-10-18(24)21(28)23-17(11-12-20(26)27)14-16-8-5-4-6-9-16/h4-6,8-9,17-18H,7,10-15H2,1-3H3,(H,23,28)(H,26,27). The van der Waals surface area contributed by atoms with Crippen LogP contribution in [0.4, 0.5) is 0 Å². The summed E-state index contributed by atoms with van der Waals surface area (Å²) in [7, 11) is 0. The average molecular weight is 389 g/mol. The number of carbonyl (C=O) groups excluding carboxylic acids is 2. The molecule has 2 amide bonds. The highest BCUT2D eigenvalue weighted by atomic mass is 16.4. The predicted molar refractivity (Wildman–Crippen MR) is 108 cm³/mol. The van der Waals surface area contributed by atoms with Crippen LogP contribution in [0.25, 0.3) is 0 Å². The number of amides is 2. The molecule has 0 saturated carbocycles. The van der Waals surface area contributed by atoms with Crippen molar-refractivity contribution in [3.63, 3.8) is 0 Å². The third-order valence-corrected chi connectivity index (χ3v) is 4.94. The molecule has 2 unspecified atom stereocenters. The van der Waals surface area contributed by atoms with Crippen LogP contribution in [0.15, 0.2) is 30.3 Å². The van der Waals surface area contributed by atoms with Gasteiger partial charge in [0, 0.05) is 25.4 Å². The number of carbonyl (C=O) groups is 3. The Morgan fingerprint density at radius 2 is 1.89 bits per heavy atom. The normalized spacial score (nSPS) is 18.0. The van der Waals surface area contributed by atoms with E-state index >= 15 is 0 Å². The molecule has 0 aliphatic carbocycles. The van der Waals surface area contributed by atoms with Gasteiger partial charge in [-0.15, -0.1) is 0 Å². The van der Waals surface area contributed by atoms with Gasteiger partial charge in [0.15, 0.2) is 0 Å². The van der Waals surface area contributed by atoms with Gasteiger partial charge in [-0.25, -0.2) is 0 Å². The van der Waals surface area contributed by atoms with Crippen molar-refractivity contribution in [1.82, 2.24) is 10.2 Å². The number of nitrogens with zero attached hydrogens (tertiary/aromatic N) is 1. The minimum absolute atomic E-state index is 0.00485. The number of carboxylic acid groups (broad SMARTS) is 1. The highest BCUT2D eigenvalue weighted by molar-refractivity contribution is 5.88. The van der Waals surface area contributed by atoms with Gasteiger partial charge in [-0.05, 0) is 36.7 Å². The van der Waals surface area contributed by atoms with Gasteiger partial charge >= 0.3 is 5.97 Å². The molecular formula is C22H32N2O4. The van der Waals surface area contributed by atoms with Gasteiger partial charge in [0.2, 0.25) is 11.8 Å². The van der Waals surface area contributed by atoms with Crippen molar-refractivity contribution in [2.45, 2.75) is 71.4 Å². The maximum absolute atomic E-state index is 12.9. The van der Waals surface area contributed by atoms with Crippen LogP contribution in [-0.4, -0.2) is 46.4 Å². The summed E-state index contributed by atoms with van der Waals surface area (Å²) in [6.45, 7) is 6.64. The molecule has 1 fully saturated rings. The van der Waals surface area contributed by atoms with E-state index in [-0.39, 0.29) is 29.7 Å². The van der Waals surface area contributed by atoms with E-state index in [9.17, 15) is 14.4 Å². The lowest BCUT2D eigenvalue weighted by atomic mass is 9.91. The predicted octanol–water partition coefficient (Wildman–Crippen LogP) is 3.01. The van der Waals surface area contributed by atoms with E-state index in [1.54, 1.807) is 4.90 Å². The molecule has 1 aromatic carbocycles. The average Bonchev–Trinajstić information content (AvgIpc) is 3.09. The minimum atomic E-state index is -0.879. The molecule has 2 N–H and O–H groups in total. The molecule has 1 aliphatic heterocycles. The lowest BCUT2D eigenvalue weighted by Crippen LogP contribution is -2.49. The summed E-state index contributed by atoms with van der Waals surface area (Å²) in [5, 5.41) is 12.0. The number of carboxylic acids is 1. The van der Waals surface area contributed by atoms with Gasteiger partial charge < -0.3 is 15.3 Å². The fourth-order valence-electron chi connectivity index (χ4n) is 3.61. The van der Waals surface area contributed by atoms with Gasteiger partial charge in [0.25, 0.3) is 0 Å². The molecule has 0 aromatic heterocycles. The third kappa shape index (κ3) is 6.98. The molecule has 0 bridgehead atoms. The number of benzene rings is 1. The first kappa shape index (κ1) is 21.9. The van der Waals surface area contributed by atoms with Crippen LogP contribution in [0, 0.1) is 5.41 Å². The van der Waals surface area contributed by atoms with Crippen LogP contribution >= 0.6 is 0 Å². The maximum Gasteiger partial charge on any atom is 0.303 e. The summed E-state index contributed by atoms with van der Waals surface area (Å²) in [5.41, 5.74) is 0.920. The molecule has 6 nitrogen and oxygen atoms in total. The first-order valence-electron chi connectivity index (χ1n) is 10.0. The zero-order valence-electron chi connectivity index (χ0n) is 17.1. The number of aliphatic carboxylic acids is 1. The zero-order chi connectivity index (χ0) is 20.7. The number of rotatable bonds is 8. The fourth-order valence-corrected chi connectivity index (χ4v) is 3.61. The molecule has 1 heterocycles. The topological polar surface area (TPSA) is 86.7 Å². The quantitative estimate of drug-likeness (QED) is 0.717. The Balaban J connectivity index is 2.03. The van der Waals surface area contributed by atoms with Crippen LogP contribution < -0.4 is 5.32 Å². The summed E-state index contributed by atoms with van der Waals surface area (Å²) in [4.78, 5) is 38.3. The SMILES string of the molecule is CC(C)(C)CC(=O)N1CCCC1C(=O)NC(CCC(=O)O)Cc1ccccc1. The summed E-state index contributed by atoms with van der Waals surface area (Å²) < 4.78 is 0. The Morgan fingerprint density at radius 1 is 1.21 bits per heavy atom. The number of hydrogen-bond donors (Lipinski definition) is 2. The lowest BCUT2D eigenvalue weighted by Gasteiger charge is -2.29. The van der Waals surface area contributed by atoms with Crippen LogP contribution in [-0.2, 0) is 20.8 Å². The van der Waals surface area contributed by atoms with E-state index in [0.29, 0.717) is 32.2 Å². The smallest absolute Gasteiger partial charge is 0.303 e. The van der Waals surface area contributed by atoms with Crippen molar-refractivity contribution < 1.29 is 19.5 Å². The number of hydrogen-bond acceptors (Lipinski definition) is 3. The van der Waals surface area contributed by atoms with Crippen molar-refractivity contribution in [3.05, 3.63) is 35.9 Å². The molecule has 2 rings (SSSR count). The second kappa shape index (κ2) is 9.71. The van der Waals surface area contributed by atoms with Gasteiger partial charge in [-0.3, -0.25) is 14.4 Å². The van der Waals surface area contributed by atoms with E-state index in [2.05, 4.69) is 5.32 Å². The summed E-state index contributed by atoms with van der Waals surface area (Å²) in [6.07, 6.45) is 2.80. The van der Waals surface area contributed by atoms with Crippen LogP contribution in [0.1, 0.15) is 58.4 Å². The van der Waals surface area contributed by atoms with E-state index in [0.717, 1.165) is 12.0 Å². The second-order valence-corrected chi connectivity index (χ2v) is 8.81. The molecule has 2 atom stereocenters. The fraction of sp³-hybridized carbons (Fsp3) is 0.591. The van der Waals surface area contributed by atoms with Gasteiger partial charge in [-0.2, -0.15) is 0 Å². The Kier molecular flexibility index (Phi) is 7.61. The van der Waals surface area contributed by atoms with E-state index < -0.39 is 12.0 Å². The van der Waals surface area contributed by atoms with Crippen LogP contribution in [0.3, 0.4) is 0 Å². The first-order chi connectivity index (χ1) is 13.2. The Morgan fingerprint density at radius 3 is 2.50 bits per heavy atom. The molecule has 1 aromatic rings. The highest BCUT2D eigenvalue weighted by Gasteiger charge is 2.36. The summed E-state index contributed by atoms with van der Waals surface area (Å²) in [6, 6.07) is 8.98. The number of nitrogens with one attached hydrogen (secondary N) is 1. The van der Waals surface area contributed by atoms with Crippen molar-refractivity contribution >= 4 is 17.8 Å². The molecule has 0 radical (unpaired) electrons. The molecule has 0 spiro atoms. The summed E-state index contributed by atoms with van der Waals surface area (Å²) >= 11 is 0. The van der Waals surface area contributed by atoms with Crippen molar-refractivity contribution in [3.8, 4) is 0 Å². The molecule has 1 saturated heterocycles. The van der Waals surface area contributed by atoms with Crippen molar-refractivity contribution in [1.29, 1.82) is 0 Å².